The van der Waals surface area contributed by atoms with E-state index in [1.54, 1.807) is 11.9 Å². The number of rotatable bonds is 4. The third kappa shape index (κ3) is 4.31. The van der Waals surface area contributed by atoms with E-state index in [4.69, 9.17) is 0 Å². The van der Waals surface area contributed by atoms with E-state index in [0.717, 1.165) is 38.5 Å². The SMILES string of the molecule is CN(C(=O)CC1=CCCCC1)[C@@H]1CCCC[C@@H]1S(C)(=O)=O. The lowest BCUT2D eigenvalue weighted by Gasteiger charge is -2.37. The minimum atomic E-state index is -3.10. The molecule has 0 aromatic rings. The summed E-state index contributed by atoms with van der Waals surface area (Å²) in [5.41, 5.74) is 1.23. The summed E-state index contributed by atoms with van der Waals surface area (Å²) in [6, 6.07) is -0.148. The van der Waals surface area contributed by atoms with Crippen molar-refractivity contribution in [3.8, 4) is 0 Å². The highest BCUT2D eigenvalue weighted by molar-refractivity contribution is 7.91. The van der Waals surface area contributed by atoms with Crippen LogP contribution in [0.2, 0.25) is 0 Å². The molecule has 2 aliphatic rings. The number of amides is 1. The number of allylic oxidation sites excluding steroid dienone is 1. The summed E-state index contributed by atoms with van der Waals surface area (Å²) in [5, 5.41) is -0.388. The van der Waals surface area contributed by atoms with Crippen molar-refractivity contribution >= 4 is 15.7 Å². The molecular formula is C16H27NO3S. The van der Waals surface area contributed by atoms with Crippen LogP contribution in [0.15, 0.2) is 11.6 Å². The lowest BCUT2D eigenvalue weighted by atomic mass is 9.92. The molecule has 0 aromatic heterocycles. The maximum atomic E-state index is 12.5. The fourth-order valence-electron chi connectivity index (χ4n) is 3.59. The van der Waals surface area contributed by atoms with Crippen LogP contribution in [-0.2, 0) is 14.6 Å². The van der Waals surface area contributed by atoms with E-state index in [1.807, 2.05) is 0 Å². The predicted octanol–water partition coefficient (Wildman–Crippen LogP) is 2.69. The summed E-state index contributed by atoms with van der Waals surface area (Å²) in [7, 11) is -1.32. The summed E-state index contributed by atoms with van der Waals surface area (Å²) in [6.45, 7) is 0. The number of hydrogen-bond acceptors (Lipinski definition) is 3. The molecule has 0 saturated heterocycles. The summed E-state index contributed by atoms with van der Waals surface area (Å²) in [4.78, 5) is 14.2. The number of nitrogens with zero attached hydrogens (tertiary/aromatic N) is 1. The smallest absolute Gasteiger partial charge is 0.226 e. The van der Waals surface area contributed by atoms with Gasteiger partial charge in [-0.2, -0.15) is 0 Å². The Morgan fingerprint density at radius 2 is 1.95 bits per heavy atom. The van der Waals surface area contributed by atoms with Crippen molar-refractivity contribution < 1.29 is 13.2 Å². The molecule has 0 heterocycles. The fraction of sp³-hybridized carbons (Fsp3) is 0.812. The topological polar surface area (TPSA) is 54.5 Å². The second-order valence-corrected chi connectivity index (χ2v) is 8.77. The lowest BCUT2D eigenvalue weighted by Crippen LogP contribution is -2.49. The van der Waals surface area contributed by atoms with E-state index in [-0.39, 0.29) is 17.2 Å². The first-order valence-electron chi connectivity index (χ1n) is 8.02. The summed E-state index contributed by atoms with van der Waals surface area (Å²) >= 11 is 0. The highest BCUT2D eigenvalue weighted by atomic mass is 32.2. The van der Waals surface area contributed by atoms with Gasteiger partial charge in [0.15, 0.2) is 9.84 Å². The average Bonchev–Trinajstić information content (AvgIpc) is 2.46. The van der Waals surface area contributed by atoms with Crippen molar-refractivity contribution in [3.05, 3.63) is 11.6 Å². The molecule has 0 radical (unpaired) electrons. The fourth-order valence-corrected chi connectivity index (χ4v) is 5.07. The van der Waals surface area contributed by atoms with Gasteiger partial charge >= 0.3 is 0 Å². The van der Waals surface area contributed by atoms with Crippen LogP contribution in [0, 0.1) is 0 Å². The van der Waals surface area contributed by atoms with Gasteiger partial charge in [0.1, 0.15) is 0 Å². The largest absolute Gasteiger partial charge is 0.341 e. The van der Waals surface area contributed by atoms with Crippen molar-refractivity contribution in [3.63, 3.8) is 0 Å². The van der Waals surface area contributed by atoms with Gasteiger partial charge in [0, 0.05) is 25.8 Å². The van der Waals surface area contributed by atoms with Gasteiger partial charge in [-0.05, 0) is 38.5 Å². The Hall–Kier alpha value is -0.840. The molecule has 0 N–H and O–H groups in total. The van der Waals surface area contributed by atoms with Crippen molar-refractivity contribution in [2.24, 2.45) is 0 Å². The molecule has 0 aliphatic heterocycles. The zero-order chi connectivity index (χ0) is 15.5. The lowest BCUT2D eigenvalue weighted by molar-refractivity contribution is -0.131. The highest BCUT2D eigenvalue weighted by Crippen LogP contribution is 2.29. The van der Waals surface area contributed by atoms with Gasteiger partial charge in [-0.15, -0.1) is 0 Å². The van der Waals surface area contributed by atoms with Crippen LogP contribution in [0.5, 0.6) is 0 Å². The van der Waals surface area contributed by atoms with Gasteiger partial charge in [0.25, 0.3) is 0 Å². The molecule has 0 unspecified atom stereocenters. The second kappa shape index (κ2) is 6.95. The summed E-state index contributed by atoms with van der Waals surface area (Å²) in [6.07, 6.45) is 11.9. The van der Waals surface area contributed by atoms with E-state index in [9.17, 15) is 13.2 Å². The van der Waals surface area contributed by atoms with Gasteiger partial charge in [-0.1, -0.05) is 24.5 Å². The van der Waals surface area contributed by atoms with Gasteiger partial charge in [0.05, 0.1) is 5.25 Å². The Morgan fingerprint density at radius 3 is 2.57 bits per heavy atom. The molecule has 120 valence electrons. The first-order chi connectivity index (χ1) is 9.89. The zero-order valence-electron chi connectivity index (χ0n) is 13.2. The molecule has 0 bridgehead atoms. The molecule has 0 aromatic carbocycles. The molecule has 2 atom stereocenters. The summed E-state index contributed by atoms with van der Waals surface area (Å²) in [5.74, 6) is 0.0729. The molecule has 1 fully saturated rings. The molecule has 1 amide bonds. The van der Waals surface area contributed by atoms with Crippen LogP contribution in [-0.4, -0.2) is 43.8 Å². The third-order valence-corrected chi connectivity index (χ3v) is 6.52. The average molecular weight is 313 g/mol. The van der Waals surface area contributed by atoms with Crippen molar-refractivity contribution in [2.45, 2.75) is 69.1 Å². The molecule has 4 nitrogen and oxygen atoms in total. The number of sulfone groups is 1. The molecular weight excluding hydrogens is 286 g/mol. The van der Waals surface area contributed by atoms with Crippen molar-refractivity contribution in [1.82, 2.24) is 4.90 Å². The van der Waals surface area contributed by atoms with Crippen LogP contribution in [0.25, 0.3) is 0 Å². The van der Waals surface area contributed by atoms with Gasteiger partial charge in [0.2, 0.25) is 5.91 Å². The van der Waals surface area contributed by atoms with Crippen LogP contribution in [0.3, 0.4) is 0 Å². The standard InChI is InChI=1S/C16H27NO3S/c1-17(16(18)12-13-8-4-3-5-9-13)14-10-6-7-11-15(14)21(2,19)20/h8,14-15H,3-7,9-12H2,1-2H3/t14-,15+/m1/s1. The number of hydrogen-bond donors (Lipinski definition) is 0. The number of carbonyl (C=O) groups excluding carboxylic acids is 1. The van der Waals surface area contributed by atoms with E-state index in [0.29, 0.717) is 12.8 Å². The van der Waals surface area contributed by atoms with Crippen LogP contribution >= 0.6 is 0 Å². The monoisotopic (exact) mass is 313 g/mol. The quantitative estimate of drug-likeness (QED) is 0.750. The van der Waals surface area contributed by atoms with Crippen molar-refractivity contribution in [1.29, 1.82) is 0 Å². The first kappa shape index (κ1) is 16.5. The second-order valence-electron chi connectivity index (χ2n) is 6.51. The predicted molar refractivity (Wildman–Crippen MR) is 84.8 cm³/mol. The Bertz CT molecular complexity index is 510. The summed E-state index contributed by atoms with van der Waals surface area (Å²) < 4.78 is 23.9. The molecule has 21 heavy (non-hydrogen) atoms. The van der Waals surface area contributed by atoms with Crippen LogP contribution in [0.1, 0.15) is 57.8 Å². The minimum absolute atomic E-state index is 0.0729. The van der Waals surface area contributed by atoms with E-state index in [1.165, 1.54) is 18.2 Å². The van der Waals surface area contributed by atoms with Crippen LogP contribution < -0.4 is 0 Å². The Morgan fingerprint density at radius 1 is 1.24 bits per heavy atom. The zero-order valence-corrected chi connectivity index (χ0v) is 14.0. The normalized spacial score (nSPS) is 27.0. The molecule has 2 rings (SSSR count). The van der Waals surface area contributed by atoms with Crippen LogP contribution in [0.4, 0.5) is 0 Å². The molecule has 1 saturated carbocycles. The van der Waals surface area contributed by atoms with Crippen molar-refractivity contribution in [2.75, 3.05) is 13.3 Å². The molecule has 2 aliphatic carbocycles. The highest BCUT2D eigenvalue weighted by Gasteiger charge is 2.36. The molecule has 5 heteroatoms. The van der Waals surface area contributed by atoms with E-state index in [2.05, 4.69) is 6.08 Å². The molecule has 0 spiro atoms. The van der Waals surface area contributed by atoms with E-state index >= 15 is 0 Å². The van der Waals surface area contributed by atoms with E-state index < -0.39 is 9.84 Å². The minimum Gasteiger partial charge on any atom is -0.341 e. The van der Waals surface area contributed by atoms with Gasteiger partial charge in [-0.25, -0.2) is 8.42 Å². The Kier molecular flexibility index (Phi) is 5.47. The maximum absolute atomic E-state index is 12.5. The number of carbonyl (C=O) groups is 1. The third-order valence-electron chi connectivity index (χ3n) is 4.87. The Labute approximate surface area is 128 Å². The van der Waals surface area contributed by atoms with Gasteiger partial charge < -0.3 is 4.90 Å². The first-order valence-corrected chi connectivity index (χ1v) is 9.97. The Balaban J connectivity index is 2.04. The maximum Gasteiger partial charge on any atom is 0.226 e. The van der Waals surface area contributed by atoms with Gasteiger partial charge in [-0.3, -0.25) is 4.79 Å².